The monoisotopic (exact) mass is 381 g/mol. The van der Waals surface area contributed by atoms with Gasteiger partial charge in [0.15, 0.2) is 11.6 Å². The number of nitrogens with zero attached hydrogens (tertiary/aromatic N) is 1. The topological polar surface area (TPSA) is 95.7 Å². The molecule has 0 fully saturated rings. The third kappa shape index (κ3) is 5.52. The Kier molecular flexibility index (Phi) is 6.62. The van der Waals surface area contributed by atoms with Gasteiger partial charge in [0.1, 0.15) is 5.75 Å². The van der Waals surface area contributed by atoms with E-state index >= 15 is 0 Å². The number of esters is 2. The van der Waals surface area contributed by atoms with E-state index in [1.807, 2.05) is 0 Å². The minimum atomic E-state index is -0.768. The standard InChI is InChI=1S/C17H13ClFNO6/c18-13-6-2-7-14(19)17(13)26-16(22)9-3-8-15(21)25-12-5-1-4-11(10-12)20(23)24/h1-2,4-7,10H,3,8-9H2. The highest BCUT2D eigenvalue weighted by molar-refractivity contribution is 6.32. The average Bonchev–Trinajstić information content (AvgIpc) is 2.58. The van der Waals surface area contributed by atoms with Gasteiger partial charge in [-0.1, -0.05) is 23.7 Å². The molecule has 0 bridgehead atoms. The fraction of sp³-hybridized carbons (Fsp3) is 0.176. The molecular formula is C17H13ClFNO6. The second kappa shape index (κ2) is 8.91. The molecule has 2 aromatic rings. The molecule has 0 saturated heterocycles. The van der Waals surface area contributed by atoms with Crippen LogP contribution in [-0.2, 0) is 9.59 Å². The minimum absolute atomic E-state index is 0.0323. The Balaban J connectivity index is 1.80. The summed E-state index contributed by atoms with van der Waals surface area (Å²) < 4.78 is 23.3. The number of carbonyl (C=O) groups excluding carboxylic acids is 2. The van der Waals surface area contributed by atoms with Crippen LogP contribution in [0, 0.1) is 15.9 Å². The molecule has 0 spiro atoms. The van der Waals surface area contributed by atoms with Gasteiger partial charge in [-0.2, -0.15) is 0 Å². The first-order valence-corrected chi connectivity index (χ1v) is 7.84. The molecule has 0 aliphatic rings. The zero-order chi connectivity index (χ0) is 19.1. The SMILES string of the molecule is O=C(CCCC(=O)Oc1c(F)cccc1Cl)Oc1cccc([N+](=O)[O-])c1. The van der Waals surface area contributed by atoms with Crippen molar-refractivity contribution in [1.29, 1.82) is 0 Å². The lowest BCUT2D eigenvalue weighted by molar-refractivity contribution is -0.384. The summed E-state index contributed by atoms with van der Waals surface area (Å²) in [5, 5.41) is 10.6. The Bertz CT molecular complexity index is 822. The maximum Gasteiger partial charge on any atom is 0.311 e. The van der Waals surface area contributed by atoms with Crippen LogP contribution >= 0.6 is 11.6 Å². The largest absolute Gasteiger partial charge is 0.426 e. The van der Waals surface area contributed by atoms with Gasteiger partial charge >= 0.3 is 11.9 Å². The van der Waals surface area contributed by atoms with Crippen LogP contribution in [0.5, 0.6) is 11.5 Å². The Morgan fingerprint density at radius 2 is 1.73 bits per heavy atom. The van der Waals surface area contributed by atoms with Crippen molar-refractivity contribution in [2.24, 2.45) is 0 Å². The summed E-state index contributed by atoms with van der Waals surface area (Å²) in [6.45, 7) is 0. The number of benzene rings is 2. The molecule has 0 heterocycles. The molecule has 0 radical (unpaired) electrons. The predicted molar refractivity (Wildman–Crippen MR) is 89.6 cm³/mol. The molecule has 0 saturated carbocycles. The molecule has 0 N–H and O–H groups in total. The predicted octanol–water partition coefficient (Wildman–Crippen LogP) is 4.07. The van der Waals surface area contributed by atoms with E-state index in [9.17, 15) is 24.1 Å². The van der Waals surface area contributed by atoms with Crippen LogP contribution in [0.4, 0.5) is 10.1 Å². The highest BCUT2D eigenvalue weighted by Gasteiger charge is 2.15. The van der Waals surface area contributed by atoms with E-state index in [2.05, 4.69) is 0 Å². The van der Waals surface area contributed by atoms with Gasteiger partial charge < -0.3 is 9.47 Å². The number of nitro groups is 1. The van der Waals surface area contributed by atoms with E-state index in [1.165, 1.54) is 30.3 Å². The Hall–Kier alpha value is -3.00. The molecular weight excluding hydrogens is 369 g/mol. The van der Waals surface area contributed by atoms with Gasteiger partial charge in [-0.05, 0) is 24.6 Å². The molecule has 0 aliphatic heterocycles. The first kappa shape index (κ1) is 19.3. The molecule has 7 nitrogen and oxygen atoms in total. The molecule has 2 rings (SSSR count). The summed E-state index contributed by atoms with van der Waals surface area (Å²) in [6.07, 6.45) is -0.184. The number of hydrogen-bond acceptors (Lipinski definition) is 6. The second-order valence-corrected chi connectivity index (χ2v) is 5.51. The van der Waals surface area contributed by atoms with Crippen molar-refractivity contribution in [3.05, 3.63) is 63.4 Å². The second-order valence-electron chi connectivity index (χ2n) is 5.11. The summed E-state index contributed by atoms with van der Waals surface area (Å²) in [7, 11) is 0. The van der Waals surface area contributed by atoms with Crippen LogP contribution in [0.1, 0.15) is 19.3 Å². The summed E-state index contributed by atoms with van der Waals surface area (Å²) in [4.78, 5) is 33.5. The van der Waals surface area contributed by atoms with E-state index in [-0.39, 0.29) is 41.5 Å². The molecule has 136 valence electrons. The third-order valence-electron chi connectivity index (χ3n) is 3.16. The number of nitro benzene ring substituents is 1. The van der Waals surface area contributed by atoms with Crippen molar-refractivity contribution in [3.8, 4) is 11.5 Å². The quantitative estimate of drug-likeness (QED) is 0.310. The number of carbonyl (C=O) groups is 2. The zero-order valence-electron chi connectivity index (χ0n) is 13.3. The minimum Gasteiger partial charge on any atom is -0.426 e. The summed E-state index contributed by atoms with van der Waals surface area (Å²) in [5.41, 5.74) is -0.208. The molecule has 26 heavy (non-hydrogen) atoms. The number of para-hydroxylation sites is 1. The van der Waals surface area contributed by atoms with Crippen LogP contribution in [0.3, 0.4) is 0 Å². The number of hydrogen-bond donors (Lipinski definition) is 0. The molecule has 2 aromatic carbocycles. The van der Waals surface area contributed by atoms with Crippen LogP contribution in [0.25, 0.3) is 0 Å². The zero-order valence-corrected chi connectivity index (χ0v) is 14.1. The van der Waals surface area contributed by atoms with E-state index in [1.54, 1.807) is 0 Å². The first-order chi connectivity index (χ1) is 12.4. The molecule has 9 heteroatoms. The first-order valence-electron chi connectivity index (χ1n) is 7.46. The number of non-ortho nitro benzene ring substituents is 1. The van der Waals surface area contributed by atoms with Gasteiger partial charge in [-0.15, -0.1) is 0 Å². The lowest BCUT2D eigenvalue weighted by Gasteiger charge is -2.07. The lowest BCUT2D eigenvalue weighted by Crippen LogP contribution is -2.12. The molecule has 0 unspecified atom stereocenters. The van der Waals surface area contributed by atoms with E-state index < -0.39 is 22.7 Å². The summed E-state index contributed by atoms with van der Waals surface area (Å²) in [6, 6.07) is 9.02. The van der Waals surface area contributed by atoms with Crippen molar-refractivity contribution in [1.82, 2.24) is 0 Å². The van der Waals surface area contributed by atoms with Gasteiger partial charge in [-0.25, -0.2) is 4.39 Å². The lowest BCUT2D eigenvalue weighted by atomic mass is 10.2. The van der Waals surface area contributed by atoms with Crippen LogP contribution in [-0.4, -0.2) is 16.9 Å². The van der Waals surface area contributed by atoms with Gasteiger partial charge in [0.2, 0.25) is 0 Å². The third-order valence-corrected chi connectivity index (χ3v) is 3.45. The fourth-order valence-corrected chi connectivity index (χ4v) is 2.17. The van der Waals surface area contributed by atoms with Gasteiger partial charge in [-0.3, -0.25) is 19.7 Å². The molecule has 0 aliphatic carbocycles. The Morgan fingerprint density at radius 1 is 1.08 bits per heavy atom. The van der Waals surface area contributed by atoms with Crippen molar-refractivity contribution in [2.75, 3.05) is 0 Å². The van der Waals surface area contributed by atoms with E-state index in [4.69, 9.17) is 21.1 Å². The number of ether oxygens (including phenoxy) is 2. The van der Waals surface area contributed by atoms with Gasteiger partial charge in [0.25, 0.3) is 5.69 Å². The maximum atomic E-state index is 13.5. The van der Waals surface area contributed by atoms with Crippen LogP contribution in [0.15, 0.2) is 42.5 Å². The van der Waals surface area contributed by atoms with Crippen molar-refractivity contribution >= 4 is 29.2 Å². The van der Waals surface area contributed by atoms with E-state index in [0.717, 1.165) is 12.1 Å². The molecule has 0 atom stereocenters. The fourth-order valence-electron chi connectivity index (χ4n) is 1.97. The average molecular weight is 382 g/mol. The van der Waals surface area contributed by atoms with E-state index in [0.29, 0.717) is 0 Å². The van der Waals surface area contributed by atoms with Gasteiger partial charge in [0, 0.05) is 18.9 Å². The summed E-state index contributed by atoms with van der Waals surface area (Å²) >= 11 is 5.74. The highest BCUT2D eigenvalue weighted by Crippen LogP contribution is 2.27. The molecule has 0 amide bonds. The normalized spacial score (nSPS) is 10.2. The smallest absolute Gasteiger partial charge is 0.311 e. The highest BCUT2D eigenvalue weighted by atomic mass is 35.5. The number of halogens is 2. The van der Waals surface area contributed by atoms with Crippen molar-refractivity contribution in [3.63, 3.8) is 0 Å². The van der Waals surface area contributed by atoms with Crippen molar-refractivity contribution in [2.45, 2.75) is 19.3 Å². The van der Waals surface area contributed by atoms with Crippen molar-refractivity contribution < 1.29 is 28.4 Å². The maximum absolute atomic E-state index is 13.5. The van der Waals surface area contributed by atoms with Crippen LogP contribution in [0.2, 0.25) is 5.02 Å². The Labute approximate surface area is 152 Å². The molecule has 0 aromatic heterocycles. The van der Waals surface area contributed by atoms with Crippen LogP contribution < -0.4 is 9.47 Å². The number of rotatable bonds is 7. The summed E-state index contributed by atoms with van der Waals surface area (Å²) in [5.74, 6) is -2.51. The van der Waals surface area contributed by atoms with Gasteiger partial charge in [0.05, 0.1) is 16.0 Å². The Morgan fingerprint density at radius 3 is 2.38 bits per heavy atom.